The Morgan fingerprint density at radius 1 is 1.44 bits per heavy atom. The van der Waals surface area contributed by atoms with E-state index in [1.54, 1.807) is 0 Å². The van der Waals surface area contributed by atoms with Gasteiger partial charge in [0.05, 0.1) is 12.0 Å². The maximum Gasteiger partial charge on any atom is 0.0945 e. The van der Waals surface area contributed by atoms with Crippen LogP contribution in [0.4, 0.5) is 0 Å². The third-order valence-electron chi connectivity index (χ3n) is 4.51. The Labute approximate surface area is 97.3 Å². The van der Waals surface area contributed by atoms with E-state index in [1.807, 2.05) is 12.5 Å². The summed E-state index contributed by atoms with van der Waals surface area (Å²) in [5, 5.41) is 3.59. The van der Waals surface area contributed by atoms with E-state index >= 15 is 0 Å². The number of nitrogens with one attached hydrogen (secondary N) is 1. The molecule has 0 spiro atoms. The summed E-state index contributed by atoms with van der Waals surface area (Å²) in [7, 11) is 2.06. The van der Waals surface area contributed by atoms with E-state index in [0.717, 1.165) is 24.3 Å². The molecule has 2 bridgehead atoms. The minimum absolute atomic E-state index is 0.951. The van der Waals surface area contributed by atoms with Gasteiger partial charge in [0.2, 0.25) is 0 Å². The van der Waals surface area contributed by atoms with Gasteiger partial charge in [0.25, 0.3) is 0 Å². The first kappa shape index (κ1) is 10.3. The lowest BCUT2D eigenvalue weighted by atomic mass is 9.89. The van der Waals surface area contributed by atoms with Gasteiger partial charge in [-0.2, -0.15) is 0 Å². The molecule has 3 heteroatoms. The van der Waals surface area contributed by atoms with Crippen LogP contribution in [0.3, 0.4) is 0 Å². The Bertz CT molecular complexity index is 358. The first-order valence-corrected chi connectivity index (χ1v) is 6.49. The molecule has 3 nitrogen and oxygen atoms in total. The first-order chi connectivity index (χ1) is 7.83. The second kappa shape index (κ2) is 4.21. The molecule has 2 saturated carbocycles. The molecule has 2 fully saturated rings. The van der Waals surface area contributed by atoms with Crippen molar-refractivity contribution >= 4 is 0 Å². The summed E-state index contributed by atoms with van der Waals surface area (Å²) in [5.74, 6) is 3.05. The lowest BCUT2D eigenvalue weighted by molar-refractivity contribution is 0.317. The van der Waals surface area contributed by atoms with Crippen molar-refractivity contribution in [1.29, 1.82) is 0 Å². The number of hydrogen-bond donors (Lipinski definition) is 1. The van der Waals surface area contributed by atoms with Crippen molar-refractivity contribution in [1.82, 2.24) is 14.9 Å². The first-order valence-electron chi connectivity index (χ1n) is 6.49. The highest BCUT2D eigenvalue weighted by Gasteiger charge is 2.38. The number of hydrogen-bond acceptors (Lipinski definition) is 2. The minimum atomic E-state index is 0.951. The van der Waals surface area contributed by atoms with Gasteiger partial charge >= 0.3 is 0 Å². The molecule has 0 radical (unpaired) electrons. The lowest BCUT2D eigenvalue weighted by Crippen LogP contribution is -2.26. The largest absolute Gasteiger partial charge is 0.337 e. The maximum absolute atomic E-state index is 4.13. The molecular formula is C13H21N3. The Morgan fingerprint density at radius 3 is 3.00 bits per heavy atom. The van der Waals surface area contributed by atoms with Gasteiger partial charge < -0.3 is 9.88 Å². The number of fused-ring (bicyclic) bond motifs is 2. The molecule has 3 rings (SSSR count). The number of nitrogens with zero attached hydrogens (tertiary/aromatic N) is 2. The normalized spacial score (nSPS) is 32.4. The third-order valence-corrected chi connectivity index (χ3v) is 4.51. The topological polar surface area (TPSA) is 29.9 Å². The molecule has 1 N–H and O–H groups in total. The van der Waals surface area contributed by atoms with Gasteiger partial charge in [-0.05, 0) is 43.6 Å². The van der Waals surface area contributed by atoms with Crippen LogP contribution in [0.1, 0.15) is 31.4 Å². The molecular weight excluding hydrogens is 198 g/mol. The number of aromatic nitrogens is 2. The zero-order valence-electron chi connectivity index (χ0n) is 10.0. The van der Waals surface area contributed by atoms with Crippen LogP contribution in [-0.4, -0.2) is 16.1 Å². The molecule has 0 aliphatic heterocycles. The Balaban J connectivity index is 1.46. The molecule has 2 aliphatic carbocycles. The van der Waals surface area contributed by atoms with Crippen LogP contribution >= 0.6 is 0 Å². The van der Waals surface area contributed by atoms with Crippen molar-refractivity contribution in [3.8, 4) is 0 Å². The minimum Gasteiger partial charge on any atom is -0.337 e. The summed E-state index contributed by atoms with van der Waals surface area (Å²) in [6.07, 6.45) is 9.80. The van der Waals surface area contributed by atoms with Gasteiger partial charge in [-0.1, -0.05) is 6.42 Å². The summed E-state index contributed by atoms with van der Waals surface area (Å²) in [5.41, 5.74) is 1.28. The molecule has 3 unspecified atom stereocenters. The lowest BCUT2D eigenvalue weighted by Gasteiger charge is -2.21. The van der Waals surface area contributed by atoms with Crippen LogP contribution in [0.5, 0.6) is 0 Å². The van der Waals surface area contributed by atoms with Crippen LogP contribution in [-0.2, 0) is 13.6 Å². The van der Waals surface area contributed by atoms with Crippen molar-refractivity contribution in [3.05, 3.63) is 18.2 Å². The van der Waals surface area contributed by atoms with E-state index in [1.165, 1.54) is 37.9 Å². The molecule has 0 saturated heterocycles. The van der Waals surface area contributed by atoms with E-state index in [4.69, 9.17) is 0 Å². The van der Waals surface area contributed by atoms with Crippen molar-refractivity contribution < 1.29 is 0 Å². The highest BCUT2D eigenvalue weighted by Crippen LogP contribution is 2.47. The fraction of sp³-hybridized carbons (Fsp3) is 0.769. The van der Waals surface area contributed by atoms with Crippen LogP contribution in [0.2, 0.25) is 0 Å². The maximum atomic E-state index is 4.13. The highest BCUT2D eigenvalue weighted by atomic mass is 15.0. The van der Waals surface area contributed by atoms with Crippen LogP contribution in [0, 0.1) is 17.8 Å². The predicted octanol–water partition coefficient (Wildman–Crippen LogP) is 1.95. The summed E-state index contributed by atoms with van der Waals surface area (Å²) >= 11 is 0. The van der Waals surface area contributed by atoms with Gasteiger partial charge in [-0.3, -0.25) is 0 Å². The second-order valence-electron chi connectivity index (χ2n) is 5.56. The molecule has 1 aromatic heterocycles. The van der Waals surface area contributed by atoms with E-state index < -0.39 is 0 Å². The second-order valence-corrected chi connectivity index (χ2v) is 5.56. The molecule has 0 amide bonds. The van der Waals surface area contributed by atoms with Crippen molar-refractivity contribution in [2.75, 3.05) is 6.54 Å². The average Bonchev–Trinajstić information content (AvgIpc) is 2.96. The smallest absolute Gasteiger partial charge is 0.0945 e. The molecule has 88 valence electrons. The monoisotopic (exact) mass is 219 g/mol. The Hall–Kier alpha value is -0.830. The molecule has 2 aliphatic rings. The van der Waals surface area contributed by atoms with Crippen LogP contribution in [0.15, 0.2) is 12.5 Å². The van der Waals surface area contributed by atoms with Crippen molar-refractivity contribution in [3.63, 3.8) is 0 Å². The predicted molar refractivity (Wildman–Crippen MR) is 63.9 cm³/mol. The van der Waals surface area contributed by atoms with Gasteiger partial charge in [0, 0.05) is 19.8 Å². The Kier molecular flexibility index (Phi) is 2.72. The number of imidazole rings is 1. The quantitative estimate of drug-likeness (QED) is 0.838. The van der Waals surface area contributed by atoms with Gasteiger partial charge in [0.15, 0.2) is 0 Å². The zero-order valence-corrected chi connectivity index (χ0v) is 10.0. The third kappa shape index (κ3) is 1.88. The van der Waals surface area contributed by atoms with Crippen molar-refractivity contribution in [2.45, 2.75) is 32.2 Å². The number of aryl methyl sites for hydroxylation is 1. The van der Waals surface area contributed by atoms with E-state index in [0.29, 0.717) is 0 Å². The standard InChI is InChI=1S/C13H21N3/c1-16-9-15-8-13(16)7-14-6-12-5-10-2-3-11(12)4-10/h8-12,14H,2-7H2,1H3. The Morgan fingerprint density at radius 2 is 2.38 bits per heavy atom. The summed E-state index contributed by atoms with van der Waals surface area (Å²) in [4.78, 5) is 4.13. The summed E-state index contributed by atoms with van der Waals surface area (Å²) < 4.78 is 2.09. The molecule has 0 aromatic carbocycles. The van der Waals surface area contributed by atoms with E-state index in [-0.39, 0.29) is 0 Å². The van der Waals surface area contributed by atoms with Gasteiger partial charge in [-0.25, -0.2) is 4.98 Å². The van der Waals surface area contributed by atoms with E-state index in [9.17, 15) is 0 Å². The molecule has 3 atom stereocenters. The highest BCUT2D eigenvalue weighted by molar-refractivity contribution is 4.97. The van der Waals surface area contributed by atoms with Crippen molar-refractivity contribution in [2.24, 2.45) is 24.8 Å². The van der Waals surface area contributed by atoms with Crippen LogP contribution < -0.4 is 5.32 Å². The van der Waals surface area contributed by atoms with Gasteiger partial charge in [0.1, 0.15) is 0 Å². The van der Waals surface area contributed by atoms with E-state index in [2.05, 4.69) is 21.9 Å². The molecule has 16 heavy (non-hydrogen) atoms. The SMILES string of the molecule is Cn1cncc1CNCC1CC2CCC1C2. The fourth-order valence-electron chi connectivity index (χ4n) is 3.57. The fourth-order valence-corrected chi connectivity index (χ4v) is 3.57. The average molecular weight is 219 g/mol. The van der Waals surface area contributed by atoms with Gasteiger partial charge in [-0.15, -0.1) is 0 Å². The van der Waals surface area contributed by atoms with Crippen LogP contribution in [0.25, 0.3) is 0 Å². The molecule has 1 aromatic rings. The molecule has 1 heterocycles. The number of rotatable bonds is 4. The zero-order chi connectivity index (χ0) is 11.0. The summed E-state index contributed by atoms with van der Waals surface area (Å²) in [6, 6.07) is 0. The summed E-state index contributed by atoms with van der Waals surface area (Å²) in [6.45, 7) is 2.16.